The maximum atomic E-state index is 9.43. The zero-order valence-electron chi connectivity index (χ0n) is 13.3. The molecule has 3 nitrogen and oxygen atoms in total. The lowest BCUT2D eigenvalue weighted by Gasteiger charge is -2.09. The van der Waals surface area contributed by atoms with E-state index in [0.717, 1.165) is 21.8 Å². The van der Waals surface area contributed by atoms with E-state index < -0.39 is 0 Å². The molecule has 4 heteroatoms. The van der Waals surface area contributed by atoms with Crippen molar-refractivity contribution >= 4 is 11.6 Å². The molecule has 2 aromatic carbocycles. The van der Waals surface area contributed by atoms with Crippen LogP contribution in [0.3, 0.4) is 0 Å². The Labute approximate surface area is 141 Å². The summed E-state index contributed by atoms with van der Waals surface area (Å²) in [4.78, 5) is 0. The van der Waals surface area contributed by atoms with E-state index in [-0.39, 0.29) is 6.61 Å². The van der Waals surface area contributed by atoms with Crippen molar-refractivity contribution in [3.05, 3.63) is 75.9 Å². The van der Waals surface area contributed by atoms with Crippen LogP contribution in [0.4, 0.5) is 0 Å². The minimum absolute atomic E-state index is 0.0690. The molecule has 0 radical (unpaired) electrons. The summed E-state index contributed by atoms with van der Waals surface area (Å²) in [5.41, 5.74) is 6.13. The van der Waals surface area contributed by atoms with Crippen LogP contribution in [-0.2, 0) is 13.2 Å². The highest BCUT2D eigenvalue weighted by Crippen LogP contribution is 2.26. The third kappa shape index (κ3) is 3.46. The average Bonchev–Trinajstić information content (AvgIpc) is 2.95. The van der Waals surface area contributed by atoms with Gasteiger partial charge in [-0.3, -0.25) is 4.68 Å². The number of rotatable bonds is 4. The Bertz CT molecular complexity index is 822. The molecule has 1 heterocycles. The first kappa shape index (κ1) is 15.8. The first-order valence-corrected chi connectivity index (χ1v) is 7.94. The molecule has 0 saturated heterocycles. The Balaban J connectivity index is 2.00. The molecule has 23 heavy (non-hydrogen) atoms. The van der Waals surface area contributed by atoms with Gasteiger partial charge in [-0.25, -0.2) is 0 Å². The number of aryl methyl sites for hydroxylation is 2. The van der Waals surface area contributed by atoms with Crippen molar-refractivity contribution < 1.29 is 5.11 Å². The molecular weight excluding hydrogens is 308 g/mol. The smallest absolute Gasteiger partial charge is 0.0885 e. The topological polar surface area (TPSA) is 38.0 Å². The van der Waals surface area contributed by atoms with E-state index in [1.54, 1.807) is 0 Å². The predicted molar refractivity (Wildman–Crippen MR) is 93.6 cm³/mol. The van der Waals surface area contributed by atoms with Crippen LogP contribution in [0.15, 0.2) is 48.5 Å². The van der Waals surface area contributed by atoms with Crippen molar-refractivity contribution in [2.24, 2.45) is 0 Å². The summed E-state index contributed by atoms with van der Waals surface area (Å²) >= 11 is 6.12. The fourth-order valence-corrected chi connectivity index (χ4v) is 2.69. The molecule has 118 valence electrons. The average molecular weight is 327 g/mol. The van der Waals surface area contributed by atoms with Gasteiger partial charge in [-0.1, -0.05) is 47.5 Å². The summed E-state index contributed by atoms with van der Waals surface area (Å²) in [5.74, 6) is 0. The van der Waals surface area contributed by atoms with Gasteiger partial charge in [0, 0.05) is 10.6 Å². The maximum absolute atomic E-state index is 9.43. The van der Waals surface area contributed by atoms with Gasteiger partial charge in [-0.15, -0.1) is 0 Å². The van der Waals surface area contributed by atoms with Crippen molar-refractivity contribution in [3.63, 3.8) is 0 Å². The van der Waals surface area contributed by atoms with E-state index >= 15 is 0 Å². The molecule has 0 aliphatic heterocycles. The van der Waals surface area contributed by atoms with Crippen molar-refractivity contribution in [3.8, 4) is 11.3 Å². The van der Waals surface area contributed by atoms with Gasteiger partial charge < -0.3 is 5.11 Å². The van der Waals surface area contributed by atoms with Gasteiger partial charge >= 0.3 is 0 Å². The maximum Gasteiger partial charge on any atom is 0.0885 e. The molecule has 0 amide bonds. The van der Waals surface area contributed by atoms with Crippen LogP contribution < -0.4 is 0 Å². The SMILES string of the molecule is Cc1ccc(Cn2nc(CO)cc2-c2ccc(Cl)c(C)c2)cc1. The fourth-order valence-electron chi connectivity index (χ4n) is 2.57. The number of aromatic nitrogens is 2. The molecule has 0 saturated carbocycles. The Morgan fingerprint density at radius 1 is 1.04 bits per heavy atom. The van der Waals surface area contributed by atoms with Crippen molar-refractivity contribution in [1.82, 2.24) is 9.78 Å². The Hall–Kier alpha value is -2.10. The van der Waals surface area contributed by atoms with E-state index in [9.17, 15) is 5.11 Å². The lowest BCUT2D eigenvalue weighted by Crippen LogP contribution is -2.04. The minimum atomic E-state index is -0.0690. The summed E-state index contributed by atoms with van der Waals surface area (Å²) in [7, 11) is 0. The number of aliphatic hydroxyl groups is 1. The monoisotopic (exact) mass is 326 g/mol. The van der Waals surface area contributed by atoms with Crippen LogP contribution in [0.25, 0.3) is 11.3 Å². The Morgan fingerprint density at radius 2 is 1.78 bits per heavy atom. The first-order valence-electron chi connectivity index (χ1n) is 7.56. The molecule has 0 fully saturated rings. The standard InChI is InChI=1S/C19H19ClN2O/c1-13-3-5-15(6-4-13)11-22-19(10-17(12-23)21-22)16-7-8-18(20)14(2)9-16/h3-10,23H,11-12H2,1-2H3. The number of halogens is 1. The number of nitrogens with zero attached hydrogens (tertiary/aromatic N) is 2. The summed E-state index contributed by atoms with van der Waals surface area (Å²) in [6.45, 7) is 4.65. The highest BCUT2D eigenvalue weighted by atomic mass is 35.5. The summed E-state index contributed by atoms with van der Waals surface area (Å²) in [6, 6.07) is 16.3. The van der Waals surface area contributed by atoms with E-state index in [1.165, 1.54) is 11.1 Å². The zero-order valence-corrected chi connectivity index (χ0v) is 14.0. The molecule has 0 spiro atoms. The number of hydrogen-bond donors (Lipinski definition) is 1. The molecule has 0 aliphatic rings. The first-order chi connectivity index (χ1) is 11.1. The van der Waals surface area contributed by atoms with Gasteiger partial charge in [-0.05, 0) is 43.2 Å². The zero-order chi connectivity index (χ0) is 16.4. The number of aliphatic hydroxyl groups excluding tert-OH is 1. The molecule has 0 atom stereocenters. The van der Waals surface area contributed by atoms with Crippen molar-refractivity contribution in [2.75, 3.05) is 0 Å². The van der Waals surface area contributed by atoms with Gasteiger partial charge in [0.1, 0.15) is 0 Å². The molecule has 1 N–H and O–H groups in total. The van der Waals surface area contributed by atoms with Crippen LogP contribution in [0.1, 0.15) is 22.4 Å². The highest BCUT2D eigenvalue weighted by molar-refractivity contribution is 6.31. The van der Waals surface area contributed by atoms with Gasteiger partial charge in [0.25, 0.3) is 0 Å². The summed E-state index contributed by atoms with van der Waals surface area (Å²) in [5, 5.41) is 14.7. The van der Waals surface area contributed by atoms with Gasteiger partial charge in [0.2, 0.25) is 0 Å². The second-order valence-electron chi connectivity index (χ2n) is 5.79. The van der Waals surface area contributed by atoms with E-state index in [1.807, 2.05) is 35.9 Å². The molecular formula is C19H19ClN2O. The lowest BCUT2D eigenvalue weighted by atomic mass is 10.1. The summed E-state index contributed by atoms with van der Waals surface area (Å²) < 4.78 is 1.93. The normalized spacial score (nSPS) is 11.0. The quantitative estimate of drug-likeness (QED) is 0.773. The van der Waals surface area contributed by atoms with Gasteiger partial charge in [0.05, 0.1) is 24.5 Å². The van der Waals surface area contributed by atoms with E-state index in [2.05, 4.69) is 36.3 Å². The van der Waals surface area contributed by atoms with Crippen molar-refractivity contribution in [1.29, 1.82) is 0 Å². The molecule has 0 unspecified atom stereocenters. The third-order valence-corrected chi connectivity index (χ3v) is 4.32. The molecule has 3 rings (SSSR count). The van der Waals surface area contributed by atoms with Gasteiger partial charge in [0.15, 0.2) is 0 Å². The Morgan fingerprint density at radius 3 is 2.43 bits per heavy atom. The predicted octanol–water partition coefficient (Wildman–Crippen LogP) is 4.36. The molecule has 0 aliphatic carbocycles. The lowest BCUT2D eigenvalue weighted by molar-refractivity contribution is 0.275. The van der Waals surface area contributed by atoms with Gasteiger partial charge in [-0.2, -0.15) is 5.10 Å². The van der Waals surface area contributed by atoms with Crippen LogP contribution in [0.2, 0.25) is 5.02 Å². The second-order valence-corrected chi connectivity index (χ2v) is 6.19. The third-order valence-electron chi connectivity index (χ3n) is 3.90. The van der Waals surface area contributed by atoms with Crippen LogP contribution in [0, 0.1) is 13.8 Å². The fraction of sp³-hybridized carbons (Fsp3) is 0.211. The highest BCUT2D eigenvalue weighted by Gasteiger charge is 2.11. The molecule has 0 bridgehead atoms. The Kier molecular flexibility index (Phi) is 4.51. The summed E-state index contributed by atoms with van der Waals surface area (Å²) in [6.07, 6.45) is 0. The minimum Gasteiger partial charge on any atom is -0.390 e. The van der Waals surface area contributed by atoms with E-state index in [4.69, 9.17) is 11.6 Å². The van der Waals surface area contributed by atoms with Crippen LogP contribution in [0.5, 0.6) is 0 Å². The van der Waals surface area contributed by atoms with Crippen molar-refractivity contribution in [2.45, 2.75) is 27.0 Å². The van der Waals surface area contributed by atoms with E-state index in [0.29, 0.717) is 12.2 Å². The van der Waals surface area contributed by atoms with Crippen LogP contribution >= 0.6 is 11.6 Å². The number of hydrogen-bond acceptors (Lipinski definition) is 2. The largest absolute Gasteiger partial charge is 0.390 e. The molecule has 3 aromatic rings. The second kappa shape index (κ2) is 6.57. The van der Waals surface area contributed by atoms with Crippen LogP contribution in [-0.4, -0.2) is 14.9 Å². The molecule has 1 aromatic heterocycles. The number of benzene rings is 2.